The molecule has 2 nitrogen and oxygen atoms in total. The minimum Gasteiger partial charge on any atom is -0.311 e. The Balaban J connectivity index is 1.77. The number of rotatable bonds is 2. The molecule has 0 radical (unpaired) electrons. The fourth-order valence-electron chi connectivity index (χ4n) is 2.99. The van der Waals surface area contributed by atoms with Crippen molar-refractivity contribution in [2.24, 2.45) is 11.8 Å². The van der Waals surface area contributed by atoms with Crippen molar-refractivity contribution in [3.05, 3.63) is 0 Å². The van der Waals surface area contributed by atoms with Gasteiger partial charge in [0.2, 0.25) is 0 Å². The summed E-state index contributed by atoms with van der Waals surface area (Å²) in [5.74, 6) is 4.39. The summed E-state index contributed by atoms with van der Waals surface area (Å²) in [4.78, 5) is 2.67. The van der Waals surface area contributed by atoms with Crippen molar-refractivity contribution < 1.29 is 0 Å². The van der Waals surface area contributed by atoms with Gasteiger partial charge in [0.15, 0.2) is 0 Å². The highest BCUT2D eigenvalue weighted by Gasteiger charge is 2.24. The first-order chi connectivity index (χ1) is 7.24. The first-order valence-corrected chi connectivity index (χ1v) is 7.43. The highest BCUT2D eigenvalue weighted by molar-refractivity contribution is 7.99. The van der Waals surface area contributed by atoms with Gasteiger partial charge in [0.1, 0.15) is 0 Å². The molecule has 3 unspecified atom stereocenters. The van der Waals surface area contributed by atoms with Crippen molar-refractivity contribution in [2.75, 3.05) is 37.7 Å². The maximum atomic E-state index is 3.63. The summed E-state index contributed by atoms with van der Waals surface area (Å²) in [6.45, 7) is 9.88. The van der Waals surface area contributed by atoms with Crippen LogP contribution in [0.5, 0.6) is 0 Å². The second-order valence-electron chi connectivity index (χ2n) is 5.39. The summed E-state index contributed by atoms with van der Waals surface area (Å²) >= 11 is 2.10. The highest BCUT2D eigenvalue weighted by atomic mass is 32.2. The van der Waals surface area contributed by atoms with E-state index >= 15 is 0 Å². The zero-order valence-corrected chi connectivity index (χ0v) is 10.9. The van der Waals surface area contributed by atoms with Crippen molar-refractivity contribution >= 4 is 11.8 Å². The summed E-state index contributed by atoms with van der Waals surface area (Å²) in [5.41, 5.74) is 0. The smallest absolute Gasteiger partial charge is 0.0285 e. The molecule has 2 aliphatic heterocycles. The Kier molecular flexibility index (Phi) is 4.35. The van der Waals surface area contributed by atoms with Gasteiger partial charge in [-0.3, -0.25) is 0 Å². The molecular formula is C12H24N2S. The lowest BCUT2D eigenvalue weighted by Crippen LogP contribution is -2.49. The topological polar surface area (TPSA) is 15.3 Å². The Morgan fingerprint density at radius 2 is 2.00 bits per heavy atom. The fourth-order valence-corrected chi connectivity index (χ4v) is 3.93. The van der Waals surface area contributed by atoms with Crippen molar-refractivity contribution in [1.29, 1.82) is 0 Å². The molecule has 0 saturated carbocycles. The van der Waals surface area contributed by atoms with E-state index in [2.05, 4.69) is 35.8 Å². The first-order valence-electron chi connectivity index (χ1n) is 6.27. The molecule has 2 aliphatic rings. The number of piperidine rings is 1. The van der Waals surface area contributed by atoms with Gasteiger partial charge in [-0.25, -0.2) is 0 Å². The number of hydrogen-bond donors (Lipinski definition) is 1. The van der Waals surface area contributed by atoms with E-state index in [1.54, 1.807) is 0 Å². The average molecular weight is 228 g/mol. The van der Waals surface area contributed by atoms with Gasteiger partial charge < -0.3 is 10.2 Å². The van der Waals surface area contributed by atoms with E-state index in [0.717, 1.165) is 17.9 Å². The predicted octanol–water partition coefficient (Wildman–Crippen LogP) is 1.67. The third-order valence-corrected chi connectivity index (χ3v) is 4.55. The van der Waals surface area contributed by atoms with E-state index in [9.17, 15) is 0 Å². The molecule has 0 aliphatic carbocycles. The molecule has 0 bridgehead atoms. The SMILES string of the molecule is CC1CC(C)CN(CC2CSCCN2)C1. The molecule has 88 valence electrons. The zero-order valence-electron chi connectivity index (χ0n) is 10.0. The van der Waals surface area contributed by atoms with E-state index in [1.807, 2.05) is 0 Å². The minimum absolute atomic E-state index is 0.737. The van der Waals surface area contributed by atoms with Crippen molar-refractivity contribution in [3.8, 4) is 0 Å². The molecule has 2 saturated heterocycles. The van der Waals surface area contributed by atoms with Crippen LogP contribution in [0.2, 0.25) is 0 Å². The monoisotopic (exact) mass is 228 g/mol. The van der Waals surface area contributed by atoms with Crippen LogP contribution in [0, 0.1) is 11.8 Å². The first kappa shape index (κ1) is 11.7. The molecule has 0 amide bonds. The number of hydrogen-bond acceptors (Lipinski definition) is 3. The van der Waals surface area contributed by atoms with Gasteiger partial charge in [0.05, 0.1) is 0 Å². The average Bonchev–Trinajstić information content (AvgIpc) is 2.17. The fraction of sp³-hybridized carbons (Fsp3) is 1.00. The summed E-state index contributed by atoms with van der Waals surface area (Å²) < 4.78 is 0. The highest BCUT2D eigenvalue weighted by Crippen LogP contribution is 2.21. The molecular weight excluding hydrogens is 204 g/mol. The van der Waals surface area contributed by atoms with E-state index in [0.29, 0.717) is 0 Å². The number of thioether (sulfide) groups is 1. The van der Waals surface area contributed by atoms with Crippen LogP contribution >= 0.6 is 11.8 Å². The van der Waals surface area contributed by atoms with Crippen LogP contribution in [-0.4, -0.2) is 48.6 Å². The Hall–Kier alpha value is 0.270. The van der Waals surface area contributed by atoms with Gasteiger partial charge in [0, 0.05) is 43.7 Å². The number of likely N-dealkylation sites (tertiary alicyclic amines) is 1. The molecule has 15 heavy (non-hydrogen) atoms. The van der Waals surface area contributed by atoms with Gasteiger partial charge in [-0.05, 0) is 18.3 Å². The normalized spacial score (nSPS) is 39.2. The van der Waals surface area contributed by atoms with Gasteiger partial charge in [0.25, 0.3) is 0 Å². The Labute approximate surface area is 98.2 Å². The zero-order chi connectivity index (χ0) is 10.7. The maximum Gasteiger partial charge on any atom is 0.0285 e. The quantitative estimate of drug-likeness (QED) is 0.774. The molecule has 2 fully saturated rings. The molecule has 1 N–H and O–H groups in total. The predicted molar refractivity (Wildman–Crippen MR) is 68.5 cm³/mol. The Bertz CT molecular complexity index is 182. The molecule has 0 aromatic heterocycles. The van der Waals surface area contributed by atoms with Gasteiger partial charge in [-0.2, -0.15) is 11.8 Å². The molecule has 0 aromatic rings. The van der Waals surface area contributed by atoms with Crippen molar-refractivity contribution in [3.63, 3.8) is 0 Å². The number of nitrogens with zero attached hydrogens (tertiary/aromatic N) is 1. The van der Waals surface area contributed by atoms with Crippen LogP contribution in [0.1, 0.15) is 20.3 Å². The lowest BCUT2D eigenvalue weighted by molar-refractivity contribution is 0.131. The Morgan fingerprint density at radius 1 is 1.27 bits per heavy atom. The third kappa shape index (κ3) is 3.65. The van der Waals surface area contributed by atoms with Gasteiger partial charge in [-0.1, -0.05) is 13.8 Å². The molecule has 3 heteroatoms. The summed E-state index contributed by atoms with van der Waals surface area (Å²) in [5, 5.41) is 3.63. The van der Waals surface area contributed by atoms with Gasteiger partial charge >= 0.3 is 0 Å². The largest absolute Gasteiger partial charge is 0.311 e. The Morgan fingerprint density at radius 3 is 2.60 bits per heavy atom. The molecule has 0 spiro atoms. The van der Waals surface area contributed by atoms with E-state index in [1.165, 1.54) is 44.1 Å². The number of nitrogens with one attached hydrogen (secondary N) is 1. The second-order valence-corrected chi connectivity index (χ2v) is 6.54. The maximum absolute atomic E-state index is 3.63. The minimum atomic E-state index is 0.737. The molecule has 0 aromatic carbocycles. The van der Waals surface area contributed by atoms with Crippen molar-refractivity contribution in [1.82, 2.24) is 10.2 Å². The third-order valence-electron chi connectivity index (χ3n) is 3.42. The molecule has 2 heterocycles. The van der Waals surface area contributed by atoms with E-state index in [-0.39, 0.29) is 0 Å². The van der Waals surface area contributed by atoms with Crippen molar-refractivity contribution in [2.45, 2.75) is 26.3 Å². The van der Waals surface area contributed by atoms with Crippen LogP contribution in [-0.2, 0) is 0 Å². The van der Waals surface area contributed by atoms with Crippen LogP contribution in [0.3, 0.4) is 0 Å². The van der Waals surface area contributed by atoms with Crippen LogP contribution in [0.25, 0.3) is 0 Å². The van der Waals surface area contributed by atoms with Crippen LogP contribution < -0.4 is 5.32 Å². The summed E-state index contributed by atoms with van der Waals surface area (Å²) in [6.07, 6.45) is 1.42. The second kappa shape index (κ2) is 5.55. The summed E-state index contributed by atoms with van der Waals surface area (Å²) in [6, 6.07) is 0.737. The van der Waals surface area contributed by atoms with E-state index in [4.69, 9.17) is 0 Å². The lowest BCUT2D eigenvalue weighted by atomic mass is 9.92. The standard InChI is InChI=1S/C12H24N2S/c1-10-5-11(2)7-14(6-10)8-12-9-15-4-3-13-12/h10-13H,3-9H2,1-2H3. The molecule has 3 atom stereocenters. The van der Waals surface area contributed by atoms with Crippen LogP contribution in [0.15, 0.2) is 0 Å². The lowest BCUT2D eigenvalue weighted by Gasteiger charge is -2.37. The molecule has 2 rings (SSSR count). The van der Waals surface area contributed by atoms with E-state index < -0.39 is 0 Å². The van der Waals surface area contributed by atoms with Gasteiger partial charge in [-0.15, -0.1) is 0 Å². The summed E-state index contributed by atoms with van der Waals surface area (Å²) in [7, 11) is 0. The van der Waals surface area contributed by atoms with Crippen LogP contribution in [0.4, 0.5) is 0 Å².